The maximum atomic E-state index is 12.3. The van der Waals surface area contributed by atoms with E-state index in [-0.39, 0.29) is 17.6 Å². The molecule has 1 aliphatic rings. The van der Waals surface area contributed by atoms with E-state index in [4.69, 9.17) is 5.14 Å². The lowest BCUT2D eigenvalue weighted by atomic mass is 10.00. The van der Waals surface area contributed by atoms with Gasteiger partial charge in [-0.2, -0.15) is 5.10 Å². The molecule has 1 aromatic heterocycles. The van der Waals surface area contributed by atoms with E-state index < -0.39 is 10.0 Å². The van der Waals surface area contributed by atoms with Gasteiger partial charge in [-0.1, -0.05) is 0 Å². The first-order chi connectivity index (χ1) is 10.7. The lowest BCUT2D eigenvalue weighted by Crippen LogP contribution is -2.41. The molecule has 1 aliphatic heterocycles. The van der Waals surface area contributed by atoms with Crippen molar-refractivity contribution in [3.63, 3.8) is 0 Å². The Morgan fingerprint density at radius 3 is 2.70 bits per heavy atom. The standard InChI is InChI=1S/C15H24N4O3S/c1-11-14(12(2)18(3)17-11)6-7-15(20)19-8-4-5-13(9-19)10-23(16,21)22/h6-7,13H,4-5,8-10H2,1-3H3,(H2,16,21,22). The summed E-state index contributed by atoms with van der Waals surface area (Å²) in [6, 6.07) is 0. The second kappa shape index (κ2) is 6.84. The topological polar surface area (TPSA) is 98.3 Å². The first-order valence-electron chi connectivity index (χ1n) is 7.65. The molecule has 0 aromatic carbocycles. The van der Waals surface area contributed by atoms with Crippen LogP contribution in [0.25, 0.3) is 6.08 Å². The maximum absolute atomic E-state index is 12.3. The second-order valence-electron chi connectivity index (χ2n) is 6.16. The van der Waals surface area contributed by atoms with E-state index in [0.717, 1.165) is 29.8 Å². The fourth-order valence-electron chi connectivity index (χ4n) is 3.02. The molecule has 0 radical (unpaired) electrons. The highest BCUT2D eigenvalue weighted by Gasteiger charge is 2.25. The molecule has 0 spiro atoms. The van der Waals surface area contributed by atoms with Gasteiger partial charge < -0.3 is 4.90 Å². The Morgan fingerprint density at radius 1 is 1.43 bits per heavy atom. The number of amides is 1. The zero-order chi connectivity index (χ0) is 17.2. The van der Waals surface area contributed by atoms with Gasteiger partial charge in [0, 0.05) is 37.5 Å². The van der Waals surface area contributed by atoms with Crippen molar-refractivity contribution in [1.29, 1.82) is 0 Å². The van der Waals surface area contributed by atoms with Gasteiger partial charge in [-0.3, -0.25) is 9.48 Å². The smallest absolute Gasteiger partial charge is 0.246 e. The molecule has 0 bridgehead atoms. The molecule has 1 amide bonds. The minimum absolute atomic E-state index is 0.0681. The molecule has 1 unspecified atom stereocenters. The van der Waals surface area contributed by atoms with Crippen LogP contribution in [-0.4, -0.2) is 47.8 Å². The molecule has 0 aliphatic carbocycles. The second-order valence-corrected chi connectivity index (χ2v) is 7.82. The molecule has 0 saturated carbocycles. The van der Waals surface area contributed by atoms with Gasteiger partial charge >= 0.3 is 0 Å². The van der Waals surface area contributed by atoms with Crippen molar-refractivity contribution in [2.24, 2.45) is 18.1 Å². The van der Waals surface area contributed by atoms with Gasteiger partial charge in [0.1, 0.15) is 0 Å². The van der Waals surface area contributed by atoms with E-state index in [2.05, 4.69) is 5.10 Å². The van der Waals surface area contributed by atoms with E-state index in [0.29, 0.717) is 13.1 Å². The summed E-state index contributed by atoms with van der Waals surface area (Å²) in [6.45, 7) is 4.94. The van der Waals surface area contributed by atoms with Crippen molar-refractivity contribution in [2.45, 2.75) is 26.7 Å². The highest BCUT2D eigenvalue weighted by molar-refractivity contribution is 7.89. The van der Waals surface area contributed by atoms with Crippen molar-refractivity contribution in [1.82, 2.24) is 14.7 Å². The average Bonchev–Trinajstić information content (AvgIpc) is 2.68. The summed E-state index contributed by atoms with van der Waals surface area (Å²) in [5, 5.41) is 9.42. The zero-order valence-electron chi connectivity index (χ0n) is 13.8. The number of carbonyl (C=O) groups is 1. The third-order valence-corrected chi connectivity index (χ3v) is 5.19. The van der Waals surface area contributed by atoms with Crippen molar-refractivity contribution in [2.75, 3.05) is 18.8 Å². The summed E-state index contributed by atoms with van der Waals surface area (Å²) in [4.78, 5) is 14.0. The Labute approximate surface area is 137 Å². The van der Waals surface area contributed by atoms with Crippen LogP contribution in [-0.2, 0) is 21.9 Å². The third-order valence-electron chi connectivity index (χ3n) is 4.26. The lowest BCUT2D eigenvalue weighted by molar-refractivity contribution is -0.127. The number of aryl methyl sites for hydroxylation is 2. The van der Waals surface area contributed by atoms with Crippen LogP contribution in [0.1, 0.15) is 29.8 Å². The summed E-state index contributed by atoms with van der Waals surface area (Å²) >= 11 is 0. The van der Waals surface area contributed by atoms with Crippen LogP contribution in [0, 0.1) is 19.8 Å². The number of carbonyl (C=O) groups excluding carboxylic acids is 1. The monoisotopic (exact) mass is 340 g/mol. The molecule has 1 aromatic rings. The lowest BCUT2D eigenvalue weighted by Gasteiger charge is -2.31. The molecule has 128 valence electrons. The number of likely N-dealkylation sites (tertiary alicyclic amines) is 1. The molecule has 2 N–H and O–H groups in total. The van der Waals surface area contributed by atoms with Gasteiger partial charge in [-0.05, 0) is 38.7 Å². The molecular weight excluding hydrogens is 316 g/mol. The summed E-state index contributed by atoms with van der Waals surface area (Å²) in [5.74, 6) is -0.258. The van der Waals surface area contributed by atoms with Gasteiger partial charge in [0.15, 0.2) is 0 Å². The summed E-state index contributed by atoms with van der Waals surface area (Å²) in [6.07, 6.45) is 4.90. The van der Waals surface area contributed by atoms with Crippen molar-refractivity contribution in [3.05, 3.63) is 23.0 Å². The van der Waals surface area contributed by atoms with Crippen molar-refractivity contribution in [3.8, 4) is 0 Å². The van der Waals surface area contributed by atoms with Crippen LogP contribution in [0.5, 0.6) is 0 Å². The molecule has 8 heteroatoms. The van der Waals surface area contributed by atoms with E-state index in [1.165, 1.54) is 6.08 Å². The van der Waals surface area contributed by atoms with Crippen LogP contribution in [0.15, 0.2) is 6.08 Å². The quantitative estimate of drug-likeness (QED) is 0.811. The fraction of sp³-hybridized carbons (Fsp3) is 0.600. The number of hydrogen-bond donors (Lipinski definition) is 1. The molecule has 1 atom stereocenters. The molecule has 1 fully saturated rings. The number of rotatable bonds is 4. The first-order valence-corrected chi connectivity index (χ1v) is 9.36. The molecule has 1 saturated heterocycles. The minimum Gasteiger partial charge on any atom is -0.339 e. The Hall–Kier alpha value is -1.67. The van der Waals surface area contributed by atoms with Crippen LogP contribution in [0.3, 0.4) is 0 Å². The van der Waals surface area contributed by atoms with Crippen molar-refractivity contribution >= 4 is 22.0 Å². The Balaban J connectivity index is 2.04. The predicted octanol–water partition coefficient (Wildman–Crippen LogP) is 0.577. The van der Waals surface area contributed by atoms with Crippen molar-refractivity contribution < 1.29 is 13.2 Å². The maximum Gasteiger partial charge on any atom is 0.246 e. The van der Waals surface area contributed by atoms with Crippen LogP contribution in [0.4, 0.5) is 0 Å². The van der Waals surface area contributed by atoms with Crippen LogP contribution in [0.2, 0.25) is 0 Å². The van der Waals surface area contributed by atoms with Gasteiger partial charge in [-0.15, -0.1) is 0 Å². The number of piperidine rings is 1. The number of nitrogens with zero attached hydrogens (tertiary/aromatic N) is 3. The molecule has 2 heterocycles. The summed E-state index contributed by atoms with van der Waals surface area (Å²) in [5.41, 5.74) is 2.82. The molecule has 23 heavy (non-hydrogen) atoms. The molecule has 2 rings (SSSR count). The highest BCUT2D eigenvalue weighted by Crippen LogP contribution is 2.19. The summed E-state index contributed by atoms with van der Waals surface area (Å²) in [7, 11) is -1.64. The van der Waals surface area contributed by atoms with Crippen LogP contribution >= 0.6 is 0 Å². The van der Waals surface area contributed by atoms with E-state index in [1.54, 1.807) is 15.7 Å². The SMILES string of the molecule is Cc1nn(C)c(C)c1C=CC(=O)N1CCCC(CS(N)(=O)=O)C1. The fourth-order valence-corrected chi connectivity index (χ4v) is 3.95. The predicted molar refractivity (Wildman–Crippen MR) is 89.0 cm³/mol. The number of hydrogen-bond acceptors (Lipinski definition) is 4. The molecular formula is C15H24N4O3S. The minimum atomic E-state index is -3.50. The first kappa shape index (κ1) is 17.7. The molecule has 7 nitrogen and oxygen atoms in total. The number of aromatic nitrogens is 2. The van der Waals surface area contributed by atoms with E-state index in [9.17, 15) is 13.2 Å². The van der Waals surface area contributed by atoms with Crippen LogP contribution < -0.4 is 5.14 Å². The number of nitrogens with two attached hydrogens (primary N) is 1. The van der Waals surface area contributed by atoms with Gasteiger partial charge in [-0.25, -0.2) is 13.6 Å². The zero-order valence-corrected chi connectivity index (χ0v) is 14.6. The number of sulfonamides is 1. The average molecular weight is 340 g/mol. The Morgan fingerprint density at radius 2 is 2.13 bits per heavy atom. The Kier molecular flexibility index (Phi) is 5.26. The Bertz CT molecular complexity index is 721. The van der Waals surface area contributed by atoms with E-state index in [1.807, 2.05) is 20.9 Å². The highest BCUT2D eigenvalue weighted by atomic mass is 32.2. The number of primary sulfonamides is 1. The normalized spacial score (nSPS) is 19.5. The van der Waals surface area contributed by atoms with Gasteiger partial charge in [0.25, 0.3) is 0 Å². The third kappa shape index (κ3) is 4.65. The largest absolute Gasteiger partial charge is 0.339 e. The van der Waals surface area contributed by atoms with Gasteiger partial charge in [0.2, 0.25) is 15.9 Å². The van der Waals surface area contributed by atoms with Gasteiger partial charge in [0.05, 0.1) is 11.4 Å². The van der Waals surface area contributed by atoms with E-state index >= 15 is 0 Å². The summed E-state index contributed by atoms with van der Waals surface area (Å²) < 4.78 is 24.2.